The van der Waals surface area contributed by atoms with Crippen molar-refractivity contribution in [1.29, 1.82) is 0 Å². The van der Waals surface area contributed by atoms with E-state index in [1.54, 1.807) is 17.2 Å². The molecule has 1 unspecified atom stereocenters. The Morgan fingerprint density at radius 2 is 1.60 bits per heavy atom. The van der Waals surface area contributed by atoms with Gasteiger partial charge in [-0.05, 0) is 207 Å². The topological polar surface area (TPSA) is 60.4 Å². The van der Waals surface area contributed by atoms with Gasteiger partial charge in [0.15, 0.2) is 0 Å². The number of aliphatic imine (C=N–C) groups is 1. The number of rotatable bonds is 19. The third-order valence-corrected chi connectivity index (χ3v) is 16.8. The zero-order valence-electron chi connectivity index (χ0n) is 51.7. The molecule has 0 bridgehead atoms. The van der Waals surface area contributed by atoms with E-state index in [0.717, 1.165) is 111 Å². The molecular formula is C70H106FN5O2. The highest BCUT2D eigenvalue weighted by Gasteiger charge is 2.35. The lowest BCUT2D eigenvalue weighted by Gasteiger charge is -2.43. The van der Waals surface area contributed by atoms with Gasteiger partial charge < -0.3 is 24.8 Å². The molecule has 4 heterocycles. The van der Waals surface area contributed by atoms with Crippen LogP contribution in [0, 0.1) is 18.7 Å². The fourth-order valence-corrected chi connectivity index (χ4v) is 12.1. The first-order valence-electron chi connectivity index (χ1n) is 31.0. The molecule has 0 aromatic heterocycles. The number of carbonyl (C=O) groups is 1. The molecule has 1 atom stereocenters. The molecule has 8 rings (SSSR count). The van der Waals surface area contributed by atoms with E-state index in [0.29, 0.717) is 30.6 Å². The number of hydrogen-bond acceptors (Lipinski definition) is 7. The highest BCUT2D eigenvalue weighted by molar-refractivity contribution is 5.79. The number of benzene rings is 2. The predicted molar refractivity (Wildman–Crippen MR) is 332 cm³/mol. The molecular weight excluding hydrogens is 962 g/mol. The summed E-state index contributed by atoms with van der Waals surface area (Å²) in [6.45, 7) is 41.7. The third kappa shape index (κ3) is 18.3. The number of allylic oxidation sites excluding steroid dienone is 8. The van der Waals surface area contributed by atoms with Gasteiger partial charge in [-0.15, -0.1) is 0 Å². The highest BCUT2D eigenvalue weighted by atomic mass is 19.1. The lowest BCUT2D eigenvalue weighted by Crippen LogP contribution is -2.47. The number of piperidine rings is 3. The minimum absolute atomic E-state index is 0.0268. The van der Waals surface area contributed by atoms with E-state index in [-0.39, 0.29) is 11.2 Å². The van der Waals surface area contributed by atoms with Gasteiger partial charge in [-0.2, -0.15) is 0 Å². The molecule has 5 fully saturated rings. The van der Waals surface area contributed by atoms with Crippen molar-refractivity contribution in [2.45, 2.75) is 217 Å². The Hall–Kier alpha value is -4.95. The number of Topliss-reactive ketones (excluding diaryl/α,β-unsaturated/α-hetero) is 1. The number of aryl methyl sites for hydroxylation is 1. The Morgan fingerprint density at radius 1 is 0.897 bits per heavy atom. The summed E-state index contributed by atoms with van der Waals surface area (Å²) in [5.41, 5.74) is 17.8. The normalized spacial score (nSPS) is 19.6. The van der Waals surface area contributed by atoms with Gasteiger partial charge in [0.2, 0.25) is 0 Å². The Kier molecular flexibility index (Phi) is 26.0. The van der Waals surface area contributed by atoms with Crippen LogP contribution in [0.5, 0.6) is 0 Å². The van der Waals surface area contributed by atoms with Crippen molar-refractivity contribution in [3.63, 3.8) is 0 Å². The summed E-state index contributed by atoms with van der Waals surface area (Å²) in [5, 5.41) is 3.48. The Morgan fingerprint density at radius 3 is 2.18 bits per heavy atom. The second kappa shape index (κ2) is 31.7. The average molecular weight is 1070 g/mol. The van der Waals surface area contributed by atoms with E-state index >= 15 is 0 Å². The molecule has 1 N–H and O–H groups in total. The molecule has 2 aromatic rings. The minimum Gasteiger partial charge on any atom is -0.494 e. The molecule has 8 heteroatoms. The molecule has 6 aliphatic rings. The van der Waals surface area contributed by atoms with Gasteiger partial charge in [0, 0.05) is 86.7 Å². The van der Waals surface area contributed by atoms with E-state index in [9.17, 15) is 9.18 Å². The van der Waals surface area contributed by atoms with Gasteiger partial charge in [0.1, 0.15) is 24.0 Å². The summed E-state index contributed by atoms with van der Waals surface area (Å²) in [5.74, 6) is 2.54. The quantitative estimate of drug-likeness (QED) is 0.0859. The van der Waals surface area contributed by atoms with Crippen LogP contribution < -0.4 is 5.32 Å². The molecule has 7 nitrogen and oxygen atoms in total. The van der Waals surface area contributed by atoms with Gasteiger partial charge in [-0.1, -0.05) is 116 Å². The molecule has 0 amide bonds. The van der Waals surface area contributed by atoms with Crippen molar-refractivity contribution in [2.75, 3.05) is 52.4 Å². The number of hydrogen-bond donors (Lipinski definition) is 1. The summed E-state index contributed by atoms with van der Waals surface area (Å²) in [7, 11) is 0. The summed E-state index contributed by atoms with van der Waals surface area (Å²) in [6, 6.07) is 13.8. The lowest BCUT2D eigenvalue weighted by atomic mass is 9.70. The van der Waals surface area contributed by atoms with Crippen LogP contribution in [0.15, 0.2) is 123 Å². The van der Waals surface area contributed by atoms with E-state index in [4.69, 9.17) is 4.74 Å². The van der Waals surface area contributed by atoms with E-state index < -0.39 is 0 Å². The highest BCUT2D eigenvalue weighted by Crippen LogP contribution is 2.45. The molecule has 2 aromatic carbocycles. The van der Waals surface area contributed by atoms with Crippen LogP contribution in [0.4, 0.5) is 4.39 Å². The first kappa shape index (κ1) is 63.9. The monoisotopic (exact) mass is 1070 g/mol. The van der Waals surface area contributed by atoms with Crippen LogP contribution >= 0.6 is 0 Å². The van der Waals surface area contributed by atoms with Crippen LogP contribution in [0.2, 0.25) is 0 Å². The van der Waals surface area contributed by atoms with Gasteiger partial charge >= 0.3 is 0 Å². The SMILES string of the molecule is C=C1CN(C(/C=C\C)=C(\C)C2=C(C)OCCN2)CC/C1=C/N=C(C)C.CC.CC.CCCC(=O)CCC(C=C1CC1)(CC)c1ccc(CC2CCN(C3CCN(C(Cc4ccc(C)cc4F)=C4CC4)CC3)CC2)cc1C(C)C. The zero-order chi connectivity index (χ0) is 56.9. The molecule has 78 heavy (non-hydrogen) atoms. The van der Waals surface area contributed by atoms with Crippen LogP contribution in [-0.4, -0.2) is 84.7 Å². The standard InChI is InChI=1S/C45H63FN2O.C21H31N3O.2C2H6/c1-6-8-40(49)17-22-45(7-2,31-35-10-11-35)42-16-12-36(29-41(42)32(3)4)28-34-18-23-47(24-19-34)39-20-25-48(26-21-39)44(37-14-15-37)30-38-13-9-33(5)27-43(38)46;1-7-8-20(17(5)21-18(6)25-12-10-22-21)24-11-9-19(16(4)14-24)13-23-15(2)3;2*1-2/h9,12-13,16,27,29,31-32,34,39H,6-8,10-11,14-15,17-26,28,30H2,1-5H3;7-8,13,22H,4,9-12,14H2,1-3,5-6H3;2*1-2H3/b;8-7-,19-13-,20-17+;;. The van der Waals surface area contributed by atoms with Crippen LogP contribution in [-0.2, 0) is 27.8 Å². The Bertz CT molecular complexity index is 2510. The Balaban J connectivity index is 0.000000325. The smallest absolute Gasteiger partial charge is 0.132 e. The largest absolute Gasteiger partial charge is 0.494 e. The lowest BCUT2D eigenvalue weighted by molar-refractivity contribution is -0.119. The molecule has 4 aliphatic heterocycles. The number of halogens is 1. The molecule has 430 valence electrons. The maximum absolute atomic E-state index is 14.7. The number of nitrogens with zero attached hydrogens (tertiary/aromatic N) is 4. The molecule has 2 aliphatic carbocycles. The maximum atomic E-state index is 14.7. The van der Waals surface area contributed by atoms with E-state index in [2.05, 4.69) is 110 Å². The second-order valence-electron chi connectivity index (χ2n) is 23.1. The first-order valence-corrected chi connectivity index (χ1v) is 31.0. The van der Waals surface area contributed by atoms with Gasteiger partial charge in [0.25, 0.3) is 0 Å². The van der Waals surface area contributed by atoms with Crippen molar-refractivity contribution in [3.8, 4) is 0 Å². The summed E-state index contributed by atoms with van der Waals surface area (Å²) in [6.07, 6.45) is 25.9. The number of carbonyl (C=O) groups excluding carboxylic acids is 1. The van der Waals surface area contributed by atoms with Crippen molar-refractivity contribution >= 4 is 11.5 Å². The van der Waals surface area contributed by atoms with Gasteiger partial charge in [-0.3, -0.25) is 9.79 Å². The van der Waals surface area contributed by atoms with Crippen LogP contribution in [0.25, 0.3) is 0 Å². The van der Waals surface area contributed by atoms with Gasteiger partial charge in [0.05, 0.1) is 5.70 Å². The number of nitrogens with one attached hydrogen (secondary N) is 1. The third-order valence-electron chi connectivity index (χ3n) is 16.8. The predicted octanol–water partition coefficient (Wildman–Crippen LogP) is 17.2. The fraction of sp³-hybridized carbons (Fsp3) is 0.600. The van der Waals surface area contributed by atoms with E-state index in [1.807, 2.05) is 73.7 Å². The van der Waals surface area contributed by atoms with Crippen molar-refractivity contribution in [1.82, 2.24) is 20.0 Å². The van der Waals surface area contributed by atoms with Crippen molar-refractivity contribution < 1.29 is 13.9 Å². The minimum atomic E-state index is -0.0522. The number of likely N-dealkylation sites (tertiary alicyclic amines) is 3. The summed E-state index contributed by atoms with van der Waals surface area (Å²) >= 11 is 0. The fourth-order valence-electron chi connectivity index (χ4n) is 12.1. The number of ketones is 1. The molecule has 2 saturated carbocycles. The van der Waals surface area contributed by atoms with Crippen LogP contribution in [0.1, 0.15) is 214 Å². The van der Waals surface area contributed by atoms with Crippen molar-refractivity contribution in [2.24, 2.45) is 10.9 Å². The molecule has 3 saturated heterocycles. The van der Waals surface area contributed by atoms with E-state index in [1.165, 1.54) is 110 Å². The van der Waals surface area contributed by atoms with Gasteiger partial charge in [-0.25, -0.2) is 4.39 Å². The zero-order valence-corrected chi connectivity index (χ0v) is 51.7. The summed E-state index contributed by atoms with van der Waals surface area (Å²) < 4.78 is 20.4. The van der Waals surface area contributed by atoms with Crippen molar-refractivity contribution in [3.05, 3.63) is 152 Å². The number of ether oxygens (including phenoxy) is 1. The Labute approximate surface area is 475 Å². The second-order valence-corrected chi connectivity index (χ2v) is 23.1. The maximum Gasteiger partial charge on any atom is 0.132 e. The average Bonchev–Trinajstić information content (AvgIpc) is 4.42. The summed E-state index contributed by atoms with van der Waals surface area (Å²) in [4.78, 5) is 24.9. The van der Waals surface area contributed by atoms with Crippen LogP contribution in [0.3, 0.4) is 0 Å². The molecule has 0 spiro atoms. The first-order chi connectivity index (χ1) is 37.6. The molecule has 0 radical (unpaired) electrons.